The summed E-state index contributed by atoms with van der Waals surface area (Å²) < 4.78 is 31.5. The van der Waals surface area contributed by atoms with Crippen LogP contribution in [0.5, 0.6) is 5.75 Å². The summed E-state index contributed by atoms with van der Waals surface area (Å²) in [6.45, 7) is 1.63. The van der Waals surface area contributed by atoms with Gasteiger partial charge < -0.3 is 15.4 Å². The van der Waals surface area contributed by atoms with Crippen LogP contribution in [0.25, 0.3) is 0 Å². The van der Waals surface area contributed by atoms with Gasteiger partial charge in [-0.1, -0.05) is 19.3 Å². The van der Waals surface area contributed by atoms with Gasteiger partial charge in [-0.3, -0.25) is 9.59 Å². The fourth-order valence-electron chi connectivity index (χ4n) is 3.08. The van der Waals surface area contributed by atoms with E-state index in [1.807, 2.05) is 0 Å². The summed E-state index contributed by atoms with van der Waals surface area (Å²) in [6, 6.07) is 2.65. The van der Waals surface area contributed by atoms with Gasteiger partial charge in [0.1, 0.15) is 12.4 Å². The van der Waals surface area contributed by atoms with Crippen LogP contribution in [0.1, 0.15) is 45.4 Å². The number of hydrogen-bond acceptors (Lipinski definition) is 3. The van der Waals surface area contributed by atoms with Gasteiger partial charge in [-0.05, 0) is 37.8 Å². The molecule has 1 saturated carbocycles. The Morgan fingerprint density at radius 3 is 2.62 bits per heavy atom. The summed E-state index contributed by atoms with van der Waals surface area (Å²) in [7, 11) is 0. The zero-order valence-electron chi connectivity index (χ0n) is 15.0. The first kappa shape index (κ1) is 20.1. The average molecular weight is 368 g/mol. The number of benzene rings is 1. The highest BCUT2D eigenvalue weighted by Crippen LogP contribution is 2.26. The van der Waals surface area contributed by atoms with E-state index in [1.54, 1.807) is 6.92 Å². The van der Waals surface area contributed by atoms with Gasteiger partial charge in [0, 0.05) is 12.5 Å². The van der Waals surface area contributed by atoms with Gasteiger partial charge >= 0.3 is 0 Å². The van der Waals surface area contributed by atoms with Crippen molar-refractivity contribution in [3.05, 3.63) is 29.8 Å². The fourth-order valence-corrected chi connectivity index (χ4v) is 3.08. The van der Waals surface area contributed by atoms with Crippen molar-refractivity contribution in [2.75, 3.05) is 13.2 Å². The third-order valence-electron chi connectivity index (χ3n) is 4.44. The monoisotopic (exact) mass is 368 g/mol. The highest BCUT2D eigenvalue weighted by atomic mass is 19.1. The van der Waals surface area contributed by atoms with Crippen LogP contribution in [0.3, 0.4) is 0 Å². The van der Waals surface area contributed by atoms with E-state index < -0.39 is 11.6 Å². The zero-order chi connectivity index (χ0) is 18.9. The molecule has 1 atom stereocenters. The lowest BCUT2D eigenvalue weighted by Crippen LogP contribution is -2.43. The van der Waals surface area contributed by atoms with Crippen LogP contribution >= 0.6 is 0 Å². The van der Waals surface area contributed by atoms with Gasteiger partial charge in [-0.15, -0.1) is 0 Å². The Labute approximate surface area is 152 Å². The molecule has 0 heterocycles. The van der Waals surface area contributed by atoms with Gasteiger partial charge in [0.25, 0.3) is 0 Å². The van der Waals surface area contributed by atoms with Crippen molar-refractivity contribution in [2.45, 2.75) is 51.5 Å². The lowest BCUT2D eigenvalue weighted by Gasteiger charge is -2.21. The first-order chi connectivity index (χ1) is 12.4. The second-order valence-corrected chi connectivity index (χ2v) is 6.84. The molecule has 7 heteroatoms. The number of ether oxygens (including phenoxy) is 1. The molecule has 2 rings (SSSR count). The molecule has 0 aliphatic heterocycles. The van der Waals surface area contributed by atoms with Crippen LogP contribution in [0.2, 0.25) is 0 Å². The molecule has 1 aliphatic carbocycles. The van der Waals surface area contributed by atoms with E-state index in [4.69, 9.17) is 4.74 Å². The Kier molecular flexibility index (Phi) is 7.81. The van der Waals surface area contributed by atoms with Gasteiger partial charge in [0.2, 0.25) is 11.8 Å². The van der Waals surface area contributed by atoms with E-state index in [-0.39, 0.29) is 36.8 Å². The molecule has 2 amide bonds. The van der Waals surface area contributed by atoms with E-state index >= 15 is 0 Å². The number of hydrogen-bond donors (Lipinski definition) is 2. The Balaban J connectivity index is 1.64. The second kappa shape index (κ2) is 10.1. The van der Waals surface area contributed by atoms with Crippen LogP contribution < -0.4 is 15.4 Å². The van der Waals surface area contributed by atoms with Crippen LogP contribution in [-0.2, 0) is 9.59 Å². The van der Waals surface area contributed by atoms with Crippen molar-refractivity contribution in [1.82, 2.24) is 10.6 Å². The molecule has 1 aromatic rings. The van der Waals surface area contributed by atoms with Crippen molar-refractivity contribution in [3.63, 3.8) is 0 Å². The summed E-state index contributed by atoms with van der Waals surface area (Å²) >= 11 is 0. The van der Waals surface area contributed by atoms with Crippen molar-refractivity contribution >= 4 is 11.8 Å². The minimum absolute atomic E-state index is 0.0321. The lowest BCUT2D eigenvalue weighted by atomic mass is 9.87. The van der Waals surface area contributed by atoms with Gasteiger partial charge in [0.15, 0.2) is 11.6 Å². The largest absolute Gasteiger partial charge is 0.488 e. The van der Waals surface area contributed by atoms with Gasteiger partial charge in [-0.2, -0.15) is 0 Å². The molecule has 0 bridgehead atoms. The van der Waals surface area contributed by atoms with Crippen LogP contribution in [0.15, 0.2) is 18.2 Å². The molecule has 0 spiro atoms. The first-order valence-corrected chi connectivity index (χ1v) is 9.08. The first-order valence-electron chi connectivity index (χ1n) is 9.08. The minimum Gasteiger partial charge on any atom is -0.488 e. The molecule has 0 saturated heterocycles. The van der Waals surface area contributed by atoms with Gasteiger partial charge in [0.05, 0.1) is 12.6 Å². The molecule has 5 nitrogen and oxygen atoms in total. The maximum atomic E-state index is 13.5. The number of carbonyl (C=O) groups excluding carboxylic acids is 2. The predicted octanol–water partition coefficient (Wildman–Crippen LogP) is 2.93. The van der Waals surface area contributed by atoms with Crippen LogP contribution in [0, 0.1) is 17.6 Å². The summed E-state index contributed by atoms with van der Waals surface area (Å²) in [5, 5.41) is 5.30. The van der Waals surface area contributed by atoms with Crippen molar-refractivity contribution in [3.8, 4) is 5.75 Å². The number of nitrogens with one attached hydrogen (secondary N) is 2. The molecule has 0 radical (unpaired) electrons. The molecule has 1 aromatic carbocycles. The SMILES string of the molecule is CC(COc1ccc(F)cc1F)NC(=O)CNC(=O)CC1CCCCC1. The molecular weight excluding hydrogens is 342 g/mol. The number of rotatable bonds is 8. The Morgan fingerprint density at radius 1 is 1.19 bits per heavy atom. The third kappa shape index (κ3) is 6.98. The Morgan fingerprint density at radius 2 is 1.92 bits per heavy atom. The second-order valence-electron chi connectivity index (χ2n) is 6.84. The molecular formula is C19H26F2N2O3. The Bertz CT molecular complexity index is 619. The van der Waals surface area contributed by atoms with E-state index in [1.165, 1.54) is 25.3 Å². The molecule has 26 heavy (non-hydrogen) atoms. The molecule has 1 fully saturated rings. The summed E-state index contributed by atoms with van der Waals surface area (Å²) in [4.78, 5) is 23.8. The topological polar surface area (TPSA) is 67.4 Å². The smallest absolute Gasteiger partial charge is 0.239 e. The predicted molar refractivity (Wildman–Crippen MR) is 93.7 cm³/mol. The normalized spacial score (nSPS) is 16.0. The minimum atomic E-state index is -0.793. The molecule has 0 aromatic heterocycles. The standard InChI is InChI=1S/C19H26F2N2O3/c1-13(12-26-17-8-7-15(20)10-16(17)21)23-19(25)11-22-18(24)9-14-5-3-2-4-6-14/h7-8,10,13-14H,2-6,9,11-12H2,1H3,(H,22,24)(H,23,25). The quantitative estimate of drug-likeness (QED) is 0.741. The summed E-state index contributed by atoms with van der Waals surface area (Å²) in [5.41, 5.74) is 0. The average Bonchev–Trinajstić information content (AvgIpc) is 2.60. The van der Waals surface area contributed by atoms with E-state index in [2.05, 4.69) is 10.6 Å². The number of carbonyl (C=O) groups is 2. The fraction of sp³-hybridized carbons (Fsp3) is 0.579. The maximum absolute atomic E-state index is 13.5. The lowest BCUT2D eigenvalue weighted by molar-refractivity contribution is -0.127. The summed E-state index contributed by atoms with van der Waals surface area (Å²) in [5.74, 6) is -1.57. The van der Waals surface area contributed by atoms with Crippen LogP contribution in [0.4, 0.5) is 8.78 Å². The molecule has 1 aliphatic rings. The van der Waals surface area contributed by atoms with Crippen LogP contribution in [-0.4, -0.2) is 31.0 Å². The zero-order valence-corrected chi connectivity index (χ0v) is 15.0. The summed E-state index contributed by atoms with van der Waals surface area (Å²) in [6.07, 6.45) is 6.20. The Hall–Kier alpha value is -2.18. The molecule has 2 N–H and O–H groups in total. The number of halogens is 2. The van der Waals surface area contributed by atoms with Crippen molar-refractivity contribution in [1.29, 1.82) is 0 Å². The maximum Gasteiger partial charge on any atom is 0.239 e. The number of amides is 2. The van der Waals surface area contributed by atoms with Crippen molar-refractivity contribution < 1.29 is 23.1 Å². The molecule has 144 valence electrons. The highest BCUT2D eigenvalue weighted by molar-refractivity contribution is 5.84. The molecule has 1 unspecified atom stereocenters. The highest BCUT2D eigenvalue weighted by Gasteiger charge is 2.17. The van der Waals surface area contributed by atoms with E-state index in [9.17, 15) is 18.4 Å². The van der Waals surface area contributed by atoms with E-state index in [0.29, 0.717) is 12.3 Å². The van der Waals surface area contributed by atoms with Crippen molar-refractivity contribution in [2.24, 2.45) is 5.92 Å². The third-order valence-corrected chi connectivity index (χ3v) is 4.44. The van der Waals surface area contributed by atoms with E-state index in [0.717, 1.165) is 25.0 Å². The van der Waals surface area contributed by atoms with Gasteiger partial charge in [-0.25, -0.2) is 8.78 Å².